The molecule has 0 aliphatic heterocycles. The van der Waals surface area contributed by atoms with Crippen molar-refractivity contribution >= 4 is 32.7 Å². The van der Waals surface area contributed by atoms with E-state index in [0.29, 0.717) is 16.6 Å². The molecule has 174 valence electrons. The minimum atomic E-state index is -4.38. The van der Waals surface area contributed by atoms with Crippen molar-refractivity contribution in [3.63, 3.8) is 0 Å². The van der Waals surface area contributed by atoms with Crippen LogP contribution >= 0.6 is 0 Å². The molecule has 1 aromatic heterocycles. The maximum Gasteiger partial charge on any atom is 0.279 e. The second-order valence-electron chi connectivity index (χ2n) is 7.43. The van der Waals surface area contributed by atoms with Crippen LogP contribution in [-0.2, 0) is 10.0 Å². The van der Waals surface area contributed by atoms with E-state index >= 15 is 0 Å². The molecule has 0 fully saturated rings. The Balaban J connectivity index is 1.79. The lowest BCUT2D eigenvalue weighted by molar-refractivity contribution is 0.101. The number of anilines is 1. The predicted octanol–water partition coefficient (Wildman–Crippen LogP) is 4.22. The van der Waals surface area contributed by atoms with Crippen molar-refractivity contribution in [3.8, 4) is 11.6 Å². The zero-order valence-corrected chi connectivity index (χ0v) is 18.8. The molecule has 4 rings (SSSR count). The van der Waals surface area contributed by atoms with Crippen LogP contribution in [0.3, 0.4) is 0 Å². The van der Waals surface area contributed by atoms with E-state index in [4.69, 9.17) is 9.88 Å². The standard InChI is InChI=1S/C23H18F2N4O4S/c1-12-11-14(24)7-10-19(12)33-23-20(27-17-5-3-4-6-18(17)29-23)22(30)28-16-9-8-15(25)21(13(16)2)34(26,31)32/h3-11H,1-2H3,(H,28,30)(H2,26,31,32). The molecule has 0 radical (unpaired) electrons. The highest BCUT2D eigenvalue weighted by Crippen LogP contribution is 2.30. The maximum atomic E-state index is 14.1. The van der Waals surface area contributed by atoms with Crippen LogP contribution in [-0.4, -0.2) is 24.3 Å². The molecule has 0 saturated carbocycles. The van der Waals surface area contributed by atoms with Gasteiger partial charge in [-0.3, -0.25) is 4.79 Å². The molecule has 8 nitrogen and oxygen atoms in total. The van der Waals surface area contributed by atoms with Crippen LogP contribution in [0.1, 0.15) is 21.6 Å². The minimum Gasteiger partial charge on any atom is -0.437 e. The largest absolute Gasteiger partial charge is 0.437 e. The number of hydrogen-bond donors (Lipinski definition) is 2. The molecule has 0 aliphatic rings. The first-order chi connectivity index (χ1) is 16.0. The van der Waals surface area contributed by atoms with Gasteiger partial charge in [-0.2, -0.15) is 0 Å². The van der Waals surface area contributed by atoms with Gasteiger partial charge in [0.25, 0.3) is 11.8 Å². The van der Waals surface area contributed by atoms with Gasteiger partial charge in [0.2, 0.25) is 10.0 Å². The number of aromatic nitrogens is 2. The first-order valence-corrected chi connectivity index (χ1v) is 11.4. The van der Waals surface area contributed by atoms with Crippen LogP contribution < -0.4 is 15.2 Å². The number of sulfonamides is 1. The van der Waals surface area contributed by atoms with Gasteiger partial charge in [-0.1, -0.05) is 12.1 Å². The Morgan fingerprint density at radius 2 is 1.68 bits per heavy atom. The lowest BCUT2D eigenvalue weighted by Gasteiger charge is -2.14. The second-order valence-corrected chi connectivity index (χ2v) is 8.92. The fraction of sp³-hybridized carbons (Fsp3) is 0.0870. The molecule has 1 heterocycles. The van der Waals surface area contributed by atoms with Crippen molar-refractivity contribution in [1.82, 2.24) is 9.97 Å². The molecule has 3 aromatic carbocycles. The summed E-state index contributed by atoms with van der Waals surface area (Å²) in [6.07, 6.45) is 0. The summed E-state index contributed by atoms with van der Waals surface area (Å²) in [5.74, 6) is -2.18. The van der Waals surface area contributed by atoms with Gasteiger partial charge < -0.3 is 10.1 Å². The van der Waals surface area contributed by atoms with Gasteiger partial charge in [-0.25, -0.2) is 32.3 Å². The average Bonchev–Trinajstić information content (AvgIpc) is 2.76. The minimum absolute atomic E-state index is 0.00861. The summed E-state index contributed by atoms with van der Waals surface area (Å²) in [5, 5.41) is 7.63. The Hall–Kier alpha value is -3.96. The van der Waals surface area contributed by atoms with Crippen molar-refractivity contribution in [1.29, 1.82) is 0 Å². The quantitative estimate of drug-likeness (QED) is 0.437. The molecule has 4 aromatic rings. The zero-order chi connectivity index (χ0) is 24.6. The van der Waals surface area contributed by atoms with Crippen LogP contribution in [0.2, 0.25) is 0 Å². The van der Waals surface area contributed by atoms with Gasteiger partial charge >= 0.3 is 0 Å². The predicted molar refractivity (Wildman–Crippen MR) is 121 cm³/mol. The summed E-state index contributed by atoms with van der Waals surface area (Å²) in [4.78, 5) is 21.2. The highest BCUT2D eigenvalue weighted by atomic mass is 32.2. The normalized spacial score (nSPS) is 11.4. The van der Waals surface area contributed by atoms with Gasteiger partial charge in [-0.15, -0.1) is 0 Å². The number of nitrogens with zero attached hydrogens (tertiary/aromatic N) is 2. The van der Waals surface area contributed by atoms with E-state index in [1.807, 2.05) is 0 Å². The molecule has 0 atom stereocenters. The summed E-state index contributed by atoms with van der Waals surface area (Å²) < 4.78 is 57.0. The van der Waals surface area contributed by atoms with E-state index in [9.17, 15) is 22.0 Å². The van der Waals surface area contributed by atoms with E-state index in [2.05, 4.69) is 15.3 Å². The van der Waals surface area contributed by atoms with Crippen molar-refractivity contribution in [2.45, 2.75) is 18.7 Å². The molecule has 0 saturated heterocycles. The summed E-state index contributed by atoms with van der Waals surface area (Å²) in [6.45, 7) is 2.94. The Bertz CT molecular complexity index is 1560. The number of carbonyl (C=O) groups excluding carboxylic acids is 1. The number of nitrogens with one attached hydrogen (secondary N) is 1. The van der Waals surface area contributed by atoms with E-state index in [1.54, 1.807) is 31.2 Å². The van der Waals surface area contributed by atoms with Crippen molar-refractivity contribution < 1.29 is 26.7 Å². The lowest BCUT2D eigenvalue weighted by atomic mass is 10.2. The molecule has 1 amide bonds. The van der Waals surface area contributed by atoms with Crippen LogP contribution in [0.5, 0.6) is 11.6 Å². The first kappa shape index (κ1) is 23.2. The fourth-order valence-corrected chi connectivity index (χ4v) is 4.24. The number of nitrogens with two attached hydrogens (primary N) is 1. The van der Waals surface area contributed by atoms with Gasteiger partial charge in [0.05, 0.1) is 11.0 Å². The molecule has 11 heteroatoms. The van der Waals surface area contributed by atoms with Crippen molar-refractivity contribution in [2.75, 3.05) is 5.32 Å². The van der Waals surface area contributed by atoms with Gasteiger partial charge in [0, 0.05) is 5.69 Å². The maximum absolute atomic E-state index is 14.1. The van der Waals surface area contributed by atoms with Gasteiger partial charge in [-0.05, 0) is 67.4 Å². The molecular weight excluding hydrogens is 466 g/mol. The Morgan fingerprint density at radius 1 is 1.00 bits per heavy atom. The highest BCUT2D eigenvalue weighted by molar-refractivity contribution is 7.89. The van der Waals surface area contributed by atoms with Crippen LogP contribution in [0.25, 0.3) is 11.0 Å². The van der Waals surface area contributed by atoms with E-state index < -0.39 is 32.5 Å². The van der Waals surface area contributed by atoms with Crippen molar-refractivity contribution in [2.24, 2.45) is 5.14 Å². The fourth-order valence-electron chi connectivity index (χ4n) is 3.36. The van der Waals surface area contributed by atoms with E-state index in [-0.39, 0.29) is 28.6 Å². The summed E-state index contributed by atoms with van der Waals surface area (Å²) in [7, 11) is -4.38. The third kappa shape index (κ3) is 4.56. The molecule has 0 aliphatic carbocycles. The number of primary sulfonamides is 1. The number of ether oxygens (including phenoxy) is 1. The Morgan fingerprint density at radius 3 is 2.32 bits per heavy atom. The third-order valence-corrected chi connectivity index (χ3v) is 6.06. The zero-order valence-electron chi connectivity index (χ0n) is 18.0. The summed E-state index contributed by atoms with van der Waals surface area (Å²) in [6, 6.07) is 12.7. The molecule has 3 N–H and O–H groups in total. The van der Waals surface area contributed by atoms with Gasteiger partial charge in [0.1, 0.15) is 22.3 Å². The molecule has 34 heavy (non-hydrogen) atoms. The number of rotatable bonds is 5. The molecule has 0 spiro atoms. The van der Waals surface area contributed by atoms with Crippen LogP contribution in [0.4, 0.5) is 14.5 Å². The average molecular weight is 484 g/mol. The number of carbonyl (C=O) groups is 1. The summed E-state index contributed by atoms with van der Waals surface area (Å²) >= 11 is 0. The molecule has 0 bridgehead atoms. The SMILES string of the molecule is Cc1cc(F)ccc1Oc1nc2ccccc2nc1C(=O)Nc1ccc(F)c(S(N)(=O)=O)c1C. The Kier molecular flexibility index (Phi) is 5.98. The number of fused-ring (bicyclic) bond motifs is 1. The number of aryl methyl sites for hydroxylation is 1. The molecule has 0 unspecified atom stereocenters. The monoisotopic (exact) mass is 484 g/mol. The first-order valence-electron chi connectivity index (χ1n) is 9.88. The smallest absolute Gasteiger partial charge is 0.279 e. The number of hydrogen-bond acceptors (Lipinski definition) is 6. The third-order valence-electron chi connectivity index (χ3n) is 4.99. The number of para-hydroxylation sites is 2. The summed E-state index contributed by atoms with van der Waals surface area (Å²) in [5.41, 5.74) is 1.02. The van der Waals surface area contributed by atoms with Gasteiger partial charge in [0.15, 0.2) is 5.69 Å². The number of amides is 1. The second kappa shape index (κ2) is 8.76. The molecular formula is C23H18F2N4O4S. The van der Waals surface area contributed by atoms with Crippen LogP contribution in [0.15, 0.2) is 59.5 Å². The Labute approximate surface area is 193 Å². The van der Waals surface area contributed by atoms with Crippen molar-refractivity contribution in [3.05, 3.63) is 83.1 Å². The highest BCUT2D eigenvalue weighted by Gasteiger charge is 2.24. The van der Waals surface area contributed by atoms with Crippen LogP contribution in [0, 0.1) is 25.5 Å². The number of halogens is 2. The number of benzene rings is 3. The topological polar surface area (TPSA) is 124 Å². The lowest BCUT2D eigenvalue weighted by Crippen LogP contribution is -2.20. The van der Waals surface area contributed by atoms with E-state index in [0.717, 1.165) is 6.07 Å². The van der Waals surface area contributed by atoms with E-state index in [1.165, 1.54) is 31.2 Å².